The number of rotatable bonds is 6. The maximum atomic E-state index is 12.8. The van der Waals surface area contributed by atoms with Crippen LogP contribution in [-0.2, 0) is 5.75 Å². The normalized spacial score (nSPS) is 12.0. The van der Waals surface area contributed by atoms with E-state index in [1.165, 1.54) is 0 Å². The molecule has 0 aliphatic carbocycles. The second-order valence-corrected chi connectivity index (χ2v) is 8.28. The molecule has 1 aromatic heterocycles. The highest BCUT2D eigenvalue weighted by Gasteiger charge is 2.18. The van der Waals surface area contributed by atoms with Crippen LogP contribution >= 0.6 is 23.1 Å². The second kappa shape index (κ2) is 8.52. The molecule has 2 aromatic carbocycles. The van der Waals surface area contributed by atoms with Crippen molar-refractivity contribution in [1.82, 2.24) is 9.88 Å². The zero-order chi connectivity index (χ0) is 18.5. The third kappa shape index (κ3) is 4.54. The predicted octanol–water partition coefficient (Wildman–Crippen LogP) is 5.58. The Balaban J connectivity index is 1.62. The van der Waals surface area contributed by atoms with E-state index in [2.05, 4.69) is 10.4 Å². The van der Waals surface area contributed by atoms with E-state index in [0.717, 1.165) is 26.9 Å². The average molecular weight is 383 g/mol. The first-order valence-electron chi connectivity index (χ1n) is 8.50. The Labute approximate surface area is 163 Å². The molecule has 0 saturated heterocycles. The first kappa shape index (κ1) is 18.7. The number of hydrogen-bond acceptors (Lipinski definition) is 4. The minimum absolute atomic E-state index is 0.0330. The Morgan fingerprint density at radius 1 is 1.15 bits per heavy atom. The van der Waals surface area contributed by atoms with Crippen molar-refractivity contribution in [3.05, 3.63) is 81.8 Å². The van der Waals surface area contributed by atoms with Crippen LogP contribution in [0.25, 0.3) is 0 Å². The Morgan fingerprint density at radius 2 is 1.85 bits per heavy atom. The smallest absolute Gasteiger partial charge is 0.254 e. The Kier molecular flexibility index (Phi) is 6.12. The first-order valence-corrected chi connectivity index (χ1v) is 10.4. The van der Waals surface area contributed by atoms with Gasteiger partial charge in [0.1, 0.15) is 0 Å². The highest BCUT2D eigenvalue weighted by Crippen LogP contribution is 2.25. The minimum Gasteiger partial charge on any atom is -0.335 e. The molecule has 0 fully saturated rings. The van der Waals surface area contributed by atoms with Crippen molar-refractivity contribution in [3.63, 3.8) is 0 Å². The van der Waals surface area contributed by atoms with Gasteiger partial charge < -0.3 is 4.90 Å². The number of aromatic nitrogens is 1. The van der Waals surface area contributed by atoms with Crippen molar-refractivity contribution < 1.29 is 4.79 Å². The summed E-state index contributed by atoms with van der Waals surface area (Å²) in [6, 6.07) is 18.0. The number of carbonyl (C=O) groups is 1. The summed E-state index contributed by atoms with van der Waals surface area (Å²) in [5.41, 5.74) is 2.95. The molecular weight excluding hydrogens is 360 g/mol. The lowest BCUT2D eigenvalue weighted by Crippen LogP contribution is -2.29. The zero-order valence-corrected chi connectivity index (χ0v) is 16.8. The molecule has 0 radical (unpaired) electrons. The number of nitrogens with zero attached hydrogens (tertiary/aromatic N) is 2. The molecule has 0 aliphatic heterocycles. The lowest BCUT2D eigenvalue weighted by molar-refractivity contribution is 0.0742. The maximum absolute atomic E-state index is 12.8. The molecule has 1 unspecified atom stereocenters. The van der Waals surface area contributed by atoms with E-state index in [0.29, 0.717) is 5.56 Å². The molecule has 134 valence electrons. The number of aryl methyl sites for hydroxylation is 1. The molecular formula is C21H22N2OS2. The van der Waals surface area contributed by atoms with E-state index in [4.69, 9.17) is 0 Å². The molecule has 1 amide bonds. The highest BCUT2D eigenvalue weighted by molar-refractivity contribution is 7.98. The molecule has 3 aromatic rings. The van der Waals surface area contributed by atoms with Gasteiger partial charge >= 0.3 is 0 Å². The first-order chi connectivity index (χ1) is 12.5. The van der Waals surface area contributed by atoms with Crippen LogP contribution in [0.5, 0.6) is 0 Å². The lowest BCUT2D eigenvalue weighted by Gasteiger charge is -2.25. The van der Waals surface area contributed by atoms with Crippen molar-refractivity contribution in [2.75, 3.05) is 7.05 Å². The van der Waals surface area contributed by atoms with Gasteiger partial charge in [0.2, 0.25) is 0 Å². The number of thiazole rings is 1. The number of thioether (sulfide) groups is 1. The van der Waals surface area contributed by atoms with Gasteiger partial charge in [0.05, 0.1) is 16.7 Å². The number of carbonyl (C=O) groups excluding carboxylic acids is 1. The van der Waals surface area contributed by atoms with E-state index in [9.17, 15) is 4.79 Å². The van der Waals surface area contributed by atoms with Crippen LogP contribution in [0.3, 0.4) is 0 Å². The molecule has 0 aliphatic rings. The molecule has 5 heteroatoms. The third-order valence-corrected chi connectivity index (χ3v) is 6.21. The Hall–Kier alpha value is -2.11. The zero-order valence-electron chi connectivity index (χ0n) is 15.2. The SMILES string of the molecule is Cc1nc(CSc2ccc(C(=O)N(C)C(C)c3ccccc3)cc2)cs1. The van der Waals surface area contributed by atoms with Gasteiger partial charge in [-0.2, -0.15) is 0 Å². The number of hydrogen-bond donors (Lipinski definition) is 0. The maximum Gasteiger partial charge on any atom is 0.254 e. The van der Waals surface area contributed by atoms with Crippen LogP contribution in [0, 0.1) is 6.92 Å². The van der Waals surface area contributed by atoms with Crippen LogP contribution in [0.1, 0.15) is 39.6 Å². The van der Waals surface area contributed by atoms with Crippen molar-refractivity contribution in [1.29, 1.82) is 0 Å². The molecule has 1 atom stereocenters. The monoisotopic (exact) mass is 382 g/mol. The van der Waals surface area contributed by atoms with Gasteiger partial charge in [-0.15, -0.1) is 23.1 Å². The van der Waals surface area contributed by atoms with Gasteiger partial charge in [-0.25, -0.2) is 4.98 Å². The summed E-state index contributed by atoms with van der Waals surface area (Å²) >= 11 is 3.41. The standard InChI is InChI=1S/C21H22N2OS2/c1-15(17-7-5-4-6-8-17)23(3)21(24)18-9-11-20(12-10-18)26-14-19-13-25-16(2)22-19/h4-13,15H,14H2,1-3H3. The Morgan fingerprint density at radius 3 is 2.46 bits per heavy atom. The fraction of sp³-hybridized carbons (Fsp3) is 0.238. The molecule has 3 nitrogen and oxygen atoms in total. The van der Waals surface area contributed by atoms with E-state index in [1.807, 2.05) is 75.5 Å². The van der Waals surface area contributed by atoms with Crippen LogP contribution < -0.4 is 0 Å². The summed E-state index contributed by atoms with van der Waals surface area (Å²) in [7, 11) is 1.85. The number of amides is 1. The average Bonchev–Trinajstić information content (AvgIpc) is 3.11. The molecule has 26 heavy (non-hydrogen) atoms. The van der Waals surface area contributed by atoms with Crippen molar-refractivity contribution >= 4 is 29.0 Å². The molecule has 0 bridgehead atoms. The minimum atomic E-state index is 0.0330. The largest absolute Gasteiger partial charge is 0.335 e. The van der Waals surface area contributed by atoms with Gasteiger partial charge in [0.25, 0.3) is 5.91 Å². The topological polar surface area (TPSA) is 33.2 Å². The van der Waals surface area contributed by atoms with Gasteiger partial charge in [0.15, 0.2) is 0 Å². The van der Waals surface area contributed by atoms with E-state index in [-0.39, 0.29) is 11.9 Å². The molecule has 0 saturated carbocycles. The highest BCUT2D eigenvalue weighted by atomic mass is 32.2. The van der Waals surface area contributed by atoms with Gasteiger partial charge in [-0.1, -0.05) is 30.3 Å². The van der Waals surface area contributed by atoms with E-state index >= 15 is 0 Å². The van der Waals surface area contributed by atoms with Crippen LogP contribution in [-0.4, -0.2) is 22.8 Å². The quantitative estimate of drug-likeness (QED) is 0.522. The van der Waals surface area contributed by atoms with Gasteiger partial charge in [-0.05, 0) is 43.7 Å². The fourth-order valence-electron chi connectivity index (χ4n) is 2.66. The lowest BCUT2D eigenvalue weighted by atomic mass is 10.1. The Bertz CT molecular complexity index is 859. The van der Waals surface area contributed by atoms with Crippen molar-refractivity contribution in [2.45, 2.75) is 30.5 Å². The van der Waals surface area contributed by atoms with Gasteiger partial charge in [0, 0.05) is 28.6 Å². The van der Waals surface area contributed by atoms with Crippen LogP contribution in [0.4, 0.5) is 0 Å². The summed E-state index contributed by atoms with van der Waals surface area (Å²) in [6.45, 7) is 4.07. The summed E-state index contributed by atoms with van der Waals surface area (Å²) in [5.74, 6) is 0.885. The van der Waals surface area contributed by atoms with Crippen molar-refractivity contribution in [2.24, 2.45) is 0 Å². The van der Waals surface area contributed by atoms with E-state index < -0.39 is 0 Å². The summed E-state index contributed by atoms with van der Waals surface area (Å²) in [4.78, 5) is 20.2. The summed E-state index contributed by atoms with van der Waals surface area (Å²) in [6.07, 6.45) is 0. The molecule has 0 N–H and O–H groups in total. The van der Waals surface area contributed by atoms with Crippen LogP contribution in [0.15, 0.2) is 64.9 Å². The molecule has 0 spiro atoms. The predicted molar refractivity (Wildman–Crippen MR) is 110 cm³/mol. The van der Waals surface area contributed by atoms with Gasteiger partial charge in [-0.3, -0.25) is 4.79 Å². The second-order valence-electron chi connectivity index (χ2n) is 6.17. The fourth-order valence-corrected chi connectivity index (χ4v) is 4.17. The molecule has 3 rings (SSSR count). The van der Waals surface area contributed by atoms with Crippen molar-refractivity contribution in [3.8, 4) is 0 Å². The third-order valence-electron chi connectivity index (χ3n) is 4.34. The summed E-state index contributed by atoms with van der Waals surface area (Å²) in [5, 5.41) is 3.19. The summed E-state index contributed by atoms with van der Waals surface area (Å²) < 4.78 is 0. The van der Waals surface area contributed by atoms with E-state index in [1.54, 1.807) is 28.0 Å². The number of benzene rings is 2. The van der Waals surface area contributed by atoms with Crippen LogP contribution in [0.2, 0.25) is 0 Å². The molecule has 1 heterocycles.